The highest BCUT2D eigenvalue weighted by Crippen LogP contribution is 2.31. The summed E-state index contributed by atoms with van der Waals surface area (Å²) in [5.74, 6) is 0.991. The summed E-state index contributed by atoms with van der Waals surface area (Å²) < 4.78 is 0. The highest BCUT2D eigenvalue weighted by molar-refractivity contribution is 5.79. The van der Waals surface area contributed by atoms with Gasteiger partial charge in [-0.25, -0.2) is 9.97 Å². The van der Waals surface area contributed by atoms with E-state index < -0.39 is 0 Å². The molecule has 0 aliphatic carbocycles. The van der Waals surface area contributed by atoms with Gasteiger partial charge in [0.2, 0.25) is 5.91 Å². The molecule has 0 saturated carbocycles. The number of hydrogen-bond acceptors (Lipinski definition) is 4. The van der Waals surface area contributed by atoms with Crippen LogP contribution >= 0.6 is 0 Å². The zero-order valence-corrected chi connectivity index (χ0v) is 14.7. The van der Waals surface area contributed by atoms with E-state index in [1.807, 2.05) is 23.2 Å². The van der Waals surface area contributed by atoms with E-state index in [2.05, 4.69) is 29.4 Å². The lowest BCUT2D eigenvalue weighted by molar-refractivity contribution is -0.131. The number of aryl methyl sites for hydroxylation is 1. The Hall–Kier alpha value is -2.27. The van der Waals surface area contributed by atoms with Crippen LogP contribution in [0.3, 0.4) is 0 Å². The number of hydrogen-bond donors (Lipinski definition) is 1. The predicted molar refractivity (Wildman–Crippen MR) is 96.0 cm³/mol. The van der Waals surface area contributed by atoms with Crippen molar-refractivity contribution in [3.63, 3.8) is 0 Å². The van der Waals surface area contributed by atoms with Crippen molar-refractivity contribution in [1.82, 2.24) is 20.2 Å². The molecule has 25 heavy (non-hydrogen) atoms. The smallest absolute Gasteiger partial charge is 0.227 e. The molecule has 1 amide bonds. The predicted octanol–water partition coefficient (Wildman–Crippen LogP) is 2.34. The van der Waals surface area contributed by atoms with Gasteiger partial charge in [0.15, 0.2) is 5.82 Å². The number of benzene rings is 1. The maximum atomic E-state index is 12.8. The van der Waals surface area contributed by atoms with Gasteiger partial charge in [-0.2, -0.15) is 0 Å². The number of rotatable bonds is 3. The first-order valence-electron chi connectivity index (χ1n) is 9.11. The normalized spacial score (nSPS) is 19.7. The molecule has 1 fully saturated rings. The van der Waals surface area contributed by atoms with Crippen molar-refractivity contribution in [2.75, 3.05) is 13.1 Å². The molecule has 5 heteroatoms. The molecule has 3 heterocycles. The number of amides is 1. The fourth-order valence-corrected chi connectivity index (χ4v) is 3.73. The highest BCUT2D eigenvalue weighted by Gasteiger charge is 2.32. The zero-order valence-electron chi connectivity index (χ0n) is 14.7. The Labute approximate surface area is 148 Å². The third kappa shape index (κ3) is 3.42. The molecule has 130 valence electrons. The Balaban J connectivity index is 1.51. The number of aromatic nitrogens is 2. The molecule has 1 unspecified atom stereocenters. The molecular formula is C20H24N4O. The van der Waals surface area contributed by atoms with E-state index in [4.69, 9.17) is 4.98 Å². The lowest BCUT2D eigenvalue weighted by Gasteiger charge is -2.25. The molecule has 0 bridgehead atoms. The summed E-state index contributed by atoms with van der Waals surface area (Å²) in [6.45, 7) is 4.67. The van der Waals surface area contributed by atoms with Gasteiger partial charge >= 0.3 is 0 Å². The molecular weight excluding hydrogens is 312 g/mol. The highest BCUT2D eigenvalue weighted by atomic mass is 16.2. The maximum Gasteiger partial charge on any atom is 0.227 e. The molecule has 0 radical (unpaired) electrons. The minimum absolute atomic E-state index is 0.0261. The van der Waals surface area contributed by atoms with Crippen LogP contribution in [0.15, 0.2) is 30.5 Å². The van der Waals surface area contributed by atoms with E-state index in [9.17, 15) is 4.79 Å². The van der Waals surface area contributed by atoms with Crippen molar-refractivity contribution in [2.45, 2.75) is 45.2 Å². The lowest BCUT2D eigenvalue weighted by atomic mass is 10.1. The van der Waals surface area contributed by atoms with Crippen molar-refractivity contribution in [2.24, 2.45) is 0 Å². The van der Waals surface area contributed by atoms with Crippen molar-refractivity contribution < 1.29 is 4.79 Å². The van der Waals surface area contributed by atoms with E-state index in [0.717, 1.165) is 56.0 Å². The minimum Gasteiger partial charge on any atom is -0.332 e. The van der Waals surface area contributed by atoms with E-state index in [1.165, 1.54) is 11.1 Å². The second-order valence-corrected chi connectivity index (χ2v) is 7.03. The Bertz CT molecular complexity index is 772. The topological polar surface area (TPSA) is 58.1 Å². The molecule has 1 atom stereocenters. The van der Waals surface area contributed by atoms with Crippen LogP contribution in [0.25, 0.3) is 0 Å². The molecule has 2 aromatic rings. The van der Waals surface area contributed by atoms with Crippen LogP contribution < -0.4 is 5.32 Å². The van der Waals surface area contributed by atoms with Crippen LogP contribution in [-0.2, 0) is 24.2 Å². The zero-order chi connectivity index (χ0) is 17.2. The molecule has 2 aliphatic rings. The Kier molecular flexibility index (Phi) is 4.49. The first-order chi connectivity index (χ1) is 12.2. The fraction of sp³-hybridized carbons (Fsp3) is 0.450. The van der Waals surface area contributed by atoms with Crippen molar-refractivity contribution in [1.29, 1.82) is 0 Å². The molecule has 1 saturated heterocycles. The van der Waals surface area contributed by atoms with Gasteiger partial charge in [-0.05, 0) is 25.3 Å². The molecule has 2 aliphatic heterocycles. The summed E-state index contributed by atoms with van der Waals surface area (Å²) in [7, 11) is 0. The van der Waals surface area contributed by atoms with Crippen LogP contribution in [0.4, 0.5) is 0 Å². The Morgan fingerprint density at radius 1 is 1.32 bits per heavy atom. The van der Waals surface area contributed by atoms with Gasteiger partial charge in [0, 0.05) is 43.5 Å². The average Bonchev–Trinajstić information content (AvgIpc) is 3.13. The van der Waals surface area contributed by atoms with Crippen LogP contribution in [-0.4, -0.2) is 33.9 Å². The number of carbonyl (C=O) groups is 1. The van der Waals surface area contributed by atoms with Gasteiger partial charge in [-0.3, -0.25) is 4.79 Å². The monoisotopic (exact) mass is 336 g/mol. The Morgan fingerprint density at radius 3 is 3.00 bits per heavy atom. The summed E-state index contributed by atoms with van der Waals surface area (Å²) in [5.41, 5.74) is 4.61. The van der Waals surface area contributed by atoms with Gasteiger partial charge < -0.3 is 10.2 Å². The number of carbonyl (C=O) groups excluding carboxylic acids is 1. The summed E-state index contributed by atoms with van der Waals surface area (Å²) in [6, 6.07) is 8.23. The molecule has 1 aromatic heterocycles. The van der Waals surface area contributed by atoms with E-state index in [0.29, 0.717) is 6.42 Å². The van der Waals surface area contributed by atoms with Crippen molar-refractivity contribution in [3.05, 3.63) is 58.7 Å². The van der Waals surface area contributed by atoms with Gasteiger partial charge in [-0.15, -0.1) is 0 Å². The van der Waals surface area contributed by atoms with Crippen molar-refractivity contribution >= 4 is 5.91 Å². The average molecular weight is 336 g/mol. The fourth-order valence-electron chi connectivity index (χ4n) is 3.73. The summed E-state index contributed by atoms with van der Waals surface area (Å²) in [6.07, 6.45) is 5.30. The molecule has 1 aromatic carbocycles. The van der Waals surface area contributed by atoms with Crippen molar-refractivity contribution in [3.8, 4) is 0 Å². The van der Waals surface area contributed by atoms with Crippen LogP contribution in [0, 0.1) is 6.92 Å². The molecule has 1 N–H and O–H groups in total. The van der Waals surface area contributed by atoms with Crippen LogP contribution in [0.1, 0.15) is 47.1 Å². The van der Waals surface area contributed by atoms with Gasteiger partial charge in [0.1, 0.15) is 0 Å². The standard InChI is InChI=1S/C20H24N4O/c1-14-4-6-15(7-5-14)11-19(25)24-10-2-3-18(24)20-22-13-16-12-21-9-8-17(16)23-20/h4-7,13,18,21H,2-3,8-12H2,1H3. The quantitative estimate of drug-likeness (QED) is 0.935. The SMILES string of the molecule is Cc1ccc(CC(=O)N2CCCC2c2ncc3c(n2)CCNC3)cc1. The second-order valence-electron chi connectivity index (χ2n) is 7.03. The summed E-state index contributed by atoms with van der Waals surface area (Å²) in [4.78, 5) is 24.2. The van der Waals surface area contributed by atoms with Gasteiger partial charge in [0.05, 0.1) is 12.5 Å². The largest absolute Gasteiger partial charge is 0.332 e. The summed E-state index contributed by atoms with van der Waals surface area (Å²) >= 11 is 0. The van der Waals surface area contributed by atoms with E-state index >= 15 is 0 Å². The third-order valence-electron chi connectivity index (χ3n) is 5.17. The lowest BCUT2D eigenvalue weighted by Crippen LogP contribution is -2.33. The maximum absolute atomic E-state index is 12.8. The van der Waals surface area contributed by atoms with E-state index in [1.54, 1.807) is 0 Å². The second kappa shape index (κ2) is 6.92. The first-order valence-corrected chi connectivity index (χ1v) is 9.11. The van der Waals surface area contributed by atoms with Crippen LogP contribution in [0.2, 0.25) is 0 Å². The van der Waals surface area contributed by atoms with Gasteiger partial charge in [0.25, 0.3) is 0 Å². The van der Waals surface area contributed by atoms with Crippen LogP contribution in [0.5, 0.6) is 0 Å². The summed E-state index contributed by atoms with van der Waals surface area (Å²) in [5, 5.41) is 3.34. The Morgan fingerprint density at radius 2 is 2.16 bits per heavy atom. The minimum atomic E-state index is 0.0261. The molecule has 4 rings (SSSR count). The number of nitrogens with zero attached hydrogens (tertiary/aromatic N) is 3. The number of fused-ring (bicyclic) bond motifs is 1. The van der Waals surface area contributed by atoms with Gasteiger partial charge in [-0.1, -0.05) is 29.8 Å². The molecule has 5 nitrogen and oxygen atoms in total. The van der Waals surface area contributed by atoms with E-state index in [-0.39, 0.29) is 11.9 Å². The first kappa shape index (κ1) is 16.2. The third-order valence-corrected chi connectivity index (χ3v) is 5.17. The number of nitrogens with one attached hydrogen (secondary N) is 1. The number of likely N-dealkylation sites (tertiary alicyclic amines) is 1. The molecule has 0 spiro atoms.